The van der Waals surface area contributed by atoms with Crippen molar-refractivity contribution >= 4 is 0 Å². The first kappa shape index (κ1) is 8.24. The fourth-order valence-corrected chi connectivity index (χ4v) is 1.09. The zero-order valence-corrected chi connectivity index (χ0v) is 6.49. The maximum atomic E-state index is 9.22. The maximum absolute atomic E-state index is 9.22. The molecule has 0 unspecified atom stereocenters. The predicted octanol–water partition coefficient (Wildman–Crippen LogP) is 1.23. The van der Waals surface area contributed by atoms with Gasteiger partial charge in [-0.2, -0.15) is 0 Å². The Labute approximate surface area is 66.1 Å². The normalized spacial score (nSPS) is 13.0. The molecule has 0 saturated carbocycles. The Kier molecular flexibility index (Phi) is 2.63. The van der Waals surface area contributed by atoms with Crippen molar-refractivity contribution in [2.75, 3.05) is 0 Å². The lowest BCUT2D eigenvalue weighted by Crippen LogP contribution is -1.97. The number of aliphatic hydroxyl groups excluding tert-OH is 2. The van der Waals surface area contributed by atoms with Crippen LogP contribution in [-0.4, -0.2) is 10.2 Å². The van der Waals surface area contributed by atoms with Crippen molar-refractivity contribution in [3.63, 3.8) is 0 Å². The van der Waals surface area contributed by atoms with Crippen LogP contribution in [0, 0.1) is 0 Å². The Morgan fingerprint density at radius 3 is 2.45 bits per heavy atom. The smallest absolute Gasteiger partial charge is 0.0765 e. The lowest BCUT2D eigenvalue weighted by atomic mass is 10.0. The first-order valence-electron chi connectivity index (χ1n) is 3.62. The van der Waals surface area contributed by atoms with Gasteiger partial charge in [-0.25, -0.2) is 0 Å². The highest BCUT2D eigenvalue weighted by Gasteiger charge is 2.04. The molecule has 2 nitrogen and oxygen atoms in total. The Hall–Kier alpha value is -0.860. The summed E-state index contributed by atoms with van der Waals surface area (Å²) < 4.78 is 0. The van der Waals surface area contributed by atoms with E-state index in [1.54, 1.807) is 6.92 Å². The van der Waals surface area contributed by atoms with E-state index in [1.807, 2.05) is 24.3 Å². The molecule has 1 atom stereocenters. The highest BCUT2D eigenvalue weighted by molar-refractivity contribution is 5.27. The Morgan fingerprint density at radius 1 is 1.36 bits per heavy atom. The van der Waals surface area contributed by atoms with Gasteiger partial charge in [0.25, 0.3) is 0 Å². The number of rotatable bonds is 2. The molecule has 0 spiro atoms. The second-order valence-electron chi connectivity index (χ2n) is 2.53. The van der Waals surface area contributed by atoms with E-state index in [-0.39, 0.29) is 6.61 Å². The van der Waals surface area contributed by atoms with Crippen molar-refractivity contribution in [3.8, 4) is 0 Å². The van der Waals surface area contributed by atoms with Crippen LogP contribution in [0.15, 0.2) is 24.3 Å². The van der Waals surface area contributed by atoms with Gasteiger partial charge in [0.15, 0.2) is 0 Å². The number of hydrogen-bond acceptors (Lipinski definition) is 2. The molecule has 0 amide bonds. The summed E-state index contributed by atoms with van der Waals surface area (Å²) in [6.45, 7) is 1.68. The molecule has 0 saturated heterocycles. The van der Waals surface area contributed by atoms with Gasteiger partial charge in [0.1, 0.15) is 0 Å². The summed E-state index contributed by atoms with van der Waals surface area (Å²) in [5.74, 6) is 0. The molecule has 60 valence electrons. The first-order valence-corrected chi connectivity index (χ1v) is 3.62. The fraction of sp³-hybridized carbons (Fsp3) is 0.333. The minimum Gasteiger partial charge on any atom is -0.392 e. The monoisotopic (exact) mass is 152 g/mol. The Bertz CT molecular complexity index is 231. The van der Waals surface area contributed by atoms with E-state index in [4.69, 9.17) is 5.11 Å². The lowest BCUT2D eigenvalue weighted by molar-refractivity contribution is 0.193. The first-order chi connectivity index (χ1) is 5.25. The van der Waals surface area contributed by atoms with Crippen molar-refractivity contribution in [2.24, 2.45) is 0 Å². The highest BCUT2D eigenvalue weighted by Crippen LogP contribution is 2.16. The minimum absolute atomic E-state index is 0.0128. The third-order valence-corrected chi connectivity index (χ3v) is 1.68. The van der Waals surface area contributed by atoms with E-state index in [0.717, 1.165) is 11.1 Å². The van der Waals surface area contributed by atoms with Crippen LogP contribution in [0.2, 0.25) is 0 Å². The van der Waals surface area contributed by atoms with Gasteiger partial charge in [-0.15, -0.1) is 0 Å². The van der Waals surface area contributed by atoms with Crippen LogP contribution in [0.1, 0.15) is 24.2 Å². The number of hydrogen-bond donors (Lipinski definition) is 2. The van der Waals surface area contributed by atoms with Crippen LogP contribution in [0.3, 0.4) is 0 Å². The molecule has 1 aromatic rings. The Morgan fingerprint density at radius 2 is 2.00 bits per heavy atom. The van der Waals surface area contributed by atoms with E-state index >= 15 is 0 Å². The molecule has 0 aliphatic carbocycles. The molecular formula is C9H12O2. The van der Waals surface area contributed by atoms with E-state index < -0.39 is 6.10 Å². The molecule has 0 aliphatic heterocycles. The van der Waals surface area contributed by atoms with Crippen LogP contribution in [0.4, 0.5) is 0 Å². The van der Waals surface area contributed by atoms with Crippen molar-refractivity contribution in [1.29, 1.82) is 0 Å². The Balaban J connectivity index is 3.02. The molecule has 0 aromatic heterocycles. The summed E-state index contributed by atoms with van der Waals surface area (Å²) in [6.07, 6.45) is -0.502. The highest BCUT2D eigenvalue weighted by atomic mass is 16.3. The molecule has 0 fully saturated rings. The molecule has 1 rings (SSSR count). The lowest BCUT2D eigenvalue weighted by Gasteiger charge is -2.08. The maximum Gasteiger partial charge on any atom is 0.0765 e. The van der Waals surface area contributed by atoms with Gasteiger partial charge < -0.3 is 10.2 Å². The SMILES string of the molecule is C[C@H](O)c1ccccc1CO. The predicted molar refractivity (Wildman–Crippen MR) is 43.0 cm³/mol. The van der Waals surface area contributed by atoms with Gasteiger partial charge in [-0.3, -0.25) is 0 Å². The molecule has 0 heterocycles. The largest absolute Gasteiger partial charge is 0.392 e. The summed E-state index contributed by atoms with van der Waals surface area (Å²) >= 11 is 0. The van der Waals surface area contributed by atoms with E-state index in [9.17, 15) is 5.11 Å². The van der Waals surface area contributed by atoms with Crippen LogP contribution in [-0.2, 0) is 6.61 Å². The van der Waals surface area contributed by atoms with Crippen molar-refractivity contribution in [1.82, 2.24) is 0 Å². The quantitative estimate of drug-likeness (QED) is 0.669. The van der Waals surface area contributed by atoms with E-state index in [2.05, 4.69) is 0 Å². The van der Waals surface area contributed by atoms with E-state index in [0.29, 0.717) is 0 Å². The topological polar surface area (TPSA) is 40.5 Å². The summed E-state index contributed by atoms with van der Waals surface area (Å²) in [5.41, 5.74) is 1.59. The summed E-state index contributed by atoms with van der Waals surface area (Å²) in [5, 5.41) is 18.1. The summed E-state index contributed by atoms with van der Waals surface area (Å²) in [4.78, 5) is 0. The average molecular weight is 152 g/mol. The van der Waals surface area contributed by atoms with Gasteiger partial charge in [0, 0.05) is 0 Å². The zero-order chi connectivity index (χ0) is 8.27. The van der Waals surface area contributed by atoms with Crippen LogP contribution < -0.4 is 0 Å². The fourth-order valence-electron chi connectivity index (χ4n) is 1.09. The minimum atomic E-state index is -0.502. The molecule has 0 bridgehead atoms. The van der Waals surface area contributed by atoms with Crippen LogP contribution in [0.25, 0.3) is 0 Å². The van der Waals surface area contributed by atoms with Gasteiger partial charge >= 0.3 is 0 Å². The molecule has 1 aromatic carbocycles. The molecular weight excluding hydrogens is 140 g/mol. The third kappa shape index (κ3) is 1.79. The van der Waals surface area contributed by atoms with Crippen LogP contribution in [0.5, 0.6) is 0 Å². The molecule has 0 radical (unpaired) electrons. The number of aliphatic hydroxyl groups is 2. The third-order valence-electron chi connectivity index (χ3n) is 1.68. The molecule has 2 heteroatoms. The van der Waals surface area contributed by atoms with Crippen LogP contribution >= 0.6 is 0 Å². The van der Waals surface area contributed by atoms with Gasteiger partial charge in [0.2, 0.25) is 0 Å². The average Bonchev–Trinajstić information content (AvgIpc) is 2.04. The molecule has 11 heavy (non-hydrogen) atoms. The summed E-state index contributed by atoms with van der Waals surface area (Å²) in [7, 11) is 0. The number of benzene rings is 1. The second-order valence-corrected chi connectivity index (χ2v) is 2.53. The summed E-state index contributed by atoms with van der Waals surface area (Å²) in [6, 6.07) is 7.32. The van der Waals surface area contributed by atoms with Gasteiger partial charge in [-0.1, -0.05) is 24.3 Å². The van der Waals surface area contributed by atoms with Crippen molar-refractivity contribution < 1.29 is 10.2 Å². The van der Waals surface area contributed by atoms with E-state index in [1.165, 1.54) is 0 Å². The van der Waals surface area contributed by atoms with Gasteiger partial charge in [0.05, 0.1) is 12.7 Å². The van der Waals surface area contributed by atoms with Gasteiger partial charge in [-0.05, 0) is 18.1 Å². The van der Waals surface area contributed by atoms with Crippen molar-refractivity contribution in [2.45, 2.75) is 19.6 Å². The molecule has 2 N–H and O–H groups in total. The van der Waals surface area contributed by atoms with Crippen molar-refractivity contribution in [3.05, 3.63) is 35.4 Å². The molecule has 0 aliphatic rings. The standard InChI is InChI=1S/C9H12O2/c1-7(11)9-5-3-2-4-8(9)6-10/h2-5,7,10-11H,6H2,1H3/t7-/m0/s1. The zero-order valence-electron chi connectivity index (χ0n) is 6.49. The second kappa shape index (κ2) is 3.51.